The molecule has 0 aliphatic carbocycles. The van der Waals surface area contributed by atoms with Crippen LogP contribution in [0, 0.1) is 12.3 Å². The minimum atomic E-state index is -0.974. The predicted octanol–water partition coefficient (Wildman–Crippen LogP) is 3.13. The number of nitrogens with one attached hydrogen (secondary N) is 2. The van der Waals surface area contributed by atoms with Crippen LogP contribution in [0.4, 0.5) is 15.4 Å². The van der Waals surface area contributed by atoms with Crippen LogP contribution in [0.2, 0.25) is 0 Å². The molecule has 2 saturated heterocycles. The third-order valence-corrected chi connectivity index (χ3v) is 5.85. The first-order valence-corrected chi connectivity index (χ1v) is 11.0. The SMILES string of the molecule is Cc1cc(-c2cncc(NC(=O)N[C@H]3CCCN(C(=O)O)C3)n2)ccc1OCC1(C)COC1. The number of hydrogen-bond acceptors (Lipinski definition) is 6. The van der Waals surface area contributed by atoms with Gasteiger partial charge >= 0.3 is 12.1 Å². The minimum absolute atomic E-state index is 0.0701. The van der Waals surface area contributed by atoms with Crippen molar-refractivity contribution in [2.24, 2.45) is 5.41 Å². The normalized spacial score (nSPS) is 19.3. The molecule has 2 aliphatic rings. The van der Waals surface area contributed by atoms with Crippen LogP contribution in [0.1, 0.15) is 25.3 Å². The maximum Gasteiger partial charge on any atom is 0.407 e. The summed E-state index contributed by atoms with van der Waals surface area (Å²) in [5.41, 5.74) is 2.53. The number of carbonyl (C=O) groups excluding carboxylic acids is 1. The van der Waals surface area contributed by atoms with Crippen molar-refractivity contribution in [2.75, 3.05) is 38.2 Å². The predicted molar refractivity (Wildman–Crippen MR) is 121 cm³/mol. The molecular weight excluding hydrogens is 426 g/mol. The van der Waals surface area contributed by atoms with Gasteiger partial charge in [0.05, 0.1) is 37.9 Å². The zero-order valence-corrected chi connectivity index (χ0v) is 18.8. The topological polar surface area (TPSA) is 126 Å². The fourth-order valence-electron chi connectivity index (χ4n) is 3.93. The molecule has 3 amide bonds. The van der Waals surface area contributed by atoms with Crippen molar-refractivity contribution in [3.63, 3.8) is 0 Å². The van der Waals surface area contributed by atoms with Crippen LogP contribution in [-0.2, 0) is 4.74 Å². The van der Waals surface area contributed by atoms with Crippen LogP contribution in [0.25, 0.3) is 11.3 Å². The average molecular weight is 456 g/mol. The molecule has 0 saturated carbocycles. The molecular formula is C23H29N5O5. The molecule has 2 aromatic rings. The van der Waals surface area contributed by atoms with Crippen LogP contribution in [-0.4, -0.2) is 71.1 Å². The summed E-state index contributed by atoms with van der Waals surface area (Å²) in [6.07, 6.45) is 3.57. The number of anilines is 1. The highest BCUT2D eigenvalue weighted by molar-refractivity contribution is 5.88. The molecule has 0 spiro atoms. The summed E-state index contributed by atoms with van der Waals surface area (Å²) in [7, 11) is 0. The van der Waals surface area contributed by atoms with Crippen molar-refractivity contribution in [1.29, 1.82) is 0 Å². The Bertz CT molecular complexity index is 1030. The van der Waals surface area contributed by atoms with Crippen molar-refractivity contribution in [3.8, 4) is 17.0 Å². The van der Waals surface area contributed by atoms with Gasteiger partial charge in [-0.15, -0.1) is 0 Å². The Labute approximate surface area is 192 Å². The summed E-state index contributed by atoms with van der Waals surface area (Å²) in [5, 5.41) is 14.7. The van der Waals surface area contributed by atoms with Gasteiger partial charge in [-0.1, -0.05) is 6.92 Å². The first-order valence-electron chi connectivity index (χ1n) is 11.0. The van der Waals surface area contributed by atoms with Crippen LogP contribution >= 0.6 is 0 Å². The average Bonchev–Trinajstić information content (AvgIpc) is 2.77. The number of rotatable bonds is 6. The van der Waals surface area contributed by atoms with Gasteiger partial charge in [-0.25, -0.2) is 14.6 Å². The summed E-state index contributed by atoms with van der Waals surface area (Å²) in [6.45, 7) is 6.91. The quantitative estimate of drug-likeness (QED) is 0.611. The van der Waals surface area contributed by atoms with E-state index in [4.69, 9.17) is 14.6 Å². The molecule has 33 heavy (non-hydrogen) atoms. The van der Waals surface area contributed by atoms with E-state index in [-0.39, 0.29) is 18.0 Å². The number of aryl methyl sites for hydroxylation is 1. The van der Waals surface area contributed by atoms with Crippen LogP contribution in [0.3, 0.4) is 0 Å². The van der Waals surface area contributed by atoms with Crippen molar-refractivity contribution in [2.45, 2.75) is 32.7 Å². The number of piperidine rings is 1. The van der Waals surface area contributed by atoms with E-state index in [1.54, 1.807) is 6.20 Å². The van der Waals surface area contributed by atoms with E-state index in [0.717, 1.165) is 23.3 Å². The van der Waals surface area contributed by atoms with E-state index < -0.39 is 12.1 Å². The Morgan fingerprint density at radius 1 is 1.33 bits per heavy atom. The molecule has 3 heterocycles. The number of hydrogen-bond donors (Lipinski definition) is 3. The summed E-state index contributed by atoms with van der Waals surface area (Å²) in [4.78, 5) is 33.6. The van der Waals surface area contributed by atoms with Gasteiger partial charge in [0.1, 0.15) is 5.75 Å². The molecule has 176 valence electrons. The van der Waals surface area contributed by atoms with Crippen molar-refractivity contribution in [1.82, 2.24) is 20.2 Å². The van der Waals surface area contributed by atoms with Crippen LogP contribution in [0.5, 0.6) is 5.75 Å². The number of carboxylic acid groups (broad SMARTS) is 1. The van der Waals surface area contributed by atoms with E-state index in [0.29, 0.717) is 44.3 Å². The molecule has 10 nitrogen and oxygen atoms in total. The summed E-state index contributed by atoms with van der Waals surface area (Å²) < 4.78 is 11.3. The first-order chi connectivity index (χ1) is 15.8. The summed E-state index contributed by atoms with van der Waals surface area (Å²) in [6, 6.07) is 5.13. The van der Waals surface area contributed by atoms with E-state index in [9.17, 15) is 9.59 Å². The maximum absolute atomic E-state index is 12.4. The molecule has 3 N–H and O–H groups in total. The molecule has 0 radical (unpaired) electrons. The van der Waals surface area contributed by atoms with E-state index in [1.165, 1.54) is 11.1 Å². The smallest absolute Gasteiger partial charge is 0.407 e. The second-order valence-corrected chi connectivity index (χ2v) is 9.03. The lowest BCUT2D eigenvalue weighted by Crippen LogP contribution is -2.50. The monoisotopic (exact) mass is 455 g/mol. The fraction of sp³-hybridized carbons (Fsp3) is 0.478. The summed E-state index contributed by atoms with van der Waals surface area (Å²) >= 11 is 0. The van der Waals surface area contributed by atoms with Gasteiger partial charge in [0, 0.05) is 30.1 Å². The van der Waals surface area contributed by atoms with Gasteiger partial charge in [0.2, 0.25) is 0 Å². The molecule has 1 atom stereocenters. The zero-order chi connectivity index (χ0) is 23.4. The highest BCUT2D eigenvalue weighted by Gasteiger charge is 2.34. The number of benzene rings is 1. The summed E-state index contributed by atoms with van der Waals surface area (Å²) in [5.74, 6) is 1.13. The molecule has 2 aliphatic heterocycles. The second-order valence-electron chi connectivity index (χ2n) is 9.03. The van der Waals surface area contributed by atoms with Gasteiger partial charge in [0.25, 0.3) is 0 Å². The van der Waals surface area contributed by atoms with Crippen molar-refractivity contribution in [3.05, 3.63) is 36.2 Å². The number of urea groups is 1. The maximum atomic E-state index is 12.4. The molecule has 1 aromatic carbocycles. The standard InChI is InChI=1S/C23H29N5O5/c1-15-8-16(5-6-19(15)33-14-23(2)12-32-13-23)18-9-24-10-20(26-18)27-21(29)25-17-4-3-7-28(11-17)22(30)31/h5-6,8-10,17H,3-4,7,11-14H2,1-2H3,(H,30,31)(H2,25,26,27,29)/t17-/m0/s1. The highest BCUT2D eigenvalue weighted by Crippen LogP contribution is 2.30. The molecule has 4 rings (SSSR count). The van der Waals surface area contributed by atoms with Gasteiger partial charge in [0.15, 0.2) is 5.82 Å². The number of carbonyl (C=O) groups is 2. The Morgan fingerprint density at radius 3 is 2.85 bits per heavy atom. The lowest BCUT2D eigenvalue weighted by molar-refractivity contribution is -0.120. The van der Waals surface area contributed by atoms with Crippen molar-refractivity contribution < 1.29 is 24.2 Å². The van der Waals surface area contributed by atoms with Gasteiger partial charge in [-0.05, 0) is 43.5 Å². The van der Waals surface area contributed by atoms with Gasteiger partial charge in [-0.3, -0.25) is 10.3 Å². The Hall–Kier alpha value is -3.40. The number of amides is 3. The van der Waals surface area contributed by atoms with E-state index >= 15 is 0 Å². The first kappa shape index (κ1) is 22.8. The lowest BCUT2D eigenvalue weighted by atomic mass is 9.90. The molecule has 0 unspecified atom stereocenters. The van der Waals surface area contributed by atoms with Crippen molar-refractivity contribution >= 4 is 17.9 Å². The Kier molecular flexibility index (Phi) is 6.64. The Morgan fingerprint density at radius 2 is 2.15 bits per heavy atom. The molecule has 1 aromatic heterocycles. The second kappa shape index (κ2) is 9.62. The highest BCUT2D eigenvalue weighted by atomic mass is 16.5. The molecule has 2 fully saturated rings. The Balaban J connectivity index is 1.36. The van der Waals surface area contributed by atoms with Crippen LogP contribution in [0.15, 0.2) is 30.6 Å². The lowest BCUT2D eigenvalue weighted by Gasteiger charge is -2.37. The largest absolute Gasteiger partial charge is 0.493 e. The number of ether oxygens (including phenoxy) is 2. The number of likely N-dealkylation sites (tertiary alicyclic amines) is 1. The van der Waals surface area contributed by atoms with Crippen LogP contribution < -0.4 is 15.4 Å². The molecule has 10 heteroatoms. The minimum Gasteiger partial charge on any atom is -0.493 e. The van der Waals surface area contributed by atoms with E-state index in [1.807, 2.05) is 25.1 Å². The third-order valence-electron chi connectivity index (χ3n) is 5.85. The number of aromatic nitrogens is 2. The van der Waals surface area contributed by atoms with Gasteiger partial charge in [-0.2, -0.15) is 0 Å². The van der Waals surface area contributed by atoms with Gasteiger partial charge < -0.3 is 24.8 Å². The molecule has 0 bridgehead atoms. The fourth-order valence-corrected chi connectivity index (χ4v) is 3.93. The third kappa shape index (κ3) is 5.70. The van der Waals surface area contributed by atoms with E-state index in [2.05, 4.69) is 27.5 Å². The zero-order valence-electron chi connectivity index (χ0n) is 18.8. The number of nitrogens with zero attached hydrogens (tertiary/aromatic N) is 3.